The summed E-state index contributed by atoms with van der Waals surface area (Å²) in [6, 6.07) is 7.48. The summed E-state index contributed by atoms with van der Waals surface area (Å²) >= 11 is 0. The van der Waals surface area contributed by atoms with Crippen molar-refractivity contribution < 1.29 is 14.3 Å². The minimum Gasteiger partial charge on any atom is -0.469 e. The van der Waals surface area contributed by atoms with E-state index in [0.717, 1.165) is 5.56 Å². The second-order valence-corrected chi connectivity index (χ2v) is 4.94. The molecule has 0 aliphatic rings. The lowest BCUT2D eigenvalue weighted by Gasteiger charge is -2.20. The number of carbonyl (C=O) groups is 2. The molecule has 5 nitrogen and oxygen atoms in total. The number of nitrogens with zero attached hydrogens (tertiary/aromatic N) is 1. The van der Waals surface area contributed by atoms with Crippen LogP contribution in [0.3, 0.4) is 0 Å². The van der Waals surface area contributed by atoms with E-state index >= 15 is 0 Å². The third kappa shape index (κ3) is 4.91. The molecule has 0 heterocycles. The van der Waals surface area contributed by atoms with Crippen molar-refractivity contribution >= 4 is 17.6 Å². The molecule has 1 rings (SSSR count). The topological polar surface area (TPSA) is 72.6 Å². The van der Waals surface area contributed by atoms with Gasteiger partial charge in [0, 0.05) is 25.7 Å². The number of carbonyl (C=O) groups excluding carboxylic acids is 2. The molecule has 0 saturated heterocycles. The molecular weight excluding hydrogens is 256 g/mol. The van der Waals surface area contributed by atoms with Gasteiger partial charge in [-0.2, -0.15) is 0 Å². The van der Waals surface area contributed by atoms with Gasteiger partial charge in [-0.3, -0.25) is 9.59 Å². The van der Waals surface area contributed by atoms with Crippen LogP contribution in [0.4, 0.5) is 5.69 Å². The largest absolute Gasteiger partial charge is 0.469 e. The predicted octanol–water partition coefficient (Wildman–Crippen LogP) is 1.47. The number of anilines is 1. The molecular formula is C15H22N2O3. The highest BCUT2D eigenvalue weighted by atomic mass is 16.5. The fourth-order valence-corrected chi connectivity index (χ4v) is 1.91. The van der Waals surface area contributed by atoms with Gasteiger partial charge in [-0.05, 0) is 24.1 Å². The van der Waals surface area contributed by atoms with Gasteiger partial charge in [-0.1, -0.05) is 19.1 Å². The molecule has 0 radical (unpaired) electrons. The number of rotatable bonds is 6. The van der Waals surface area contributed by atoms with Gasteiger partial charge >= 0.3 is 5.97 Å². The van der Waals surface area contributed by atoms with Crippen molar-refractivity contribution in [1.29, 1.82) is 0 Å². The van der Waals surface area contributed by atoms with Crippen LogP contribution in [-0.4, -0.2) is 37.5 Å². The van der Waals surface area contributed by atoms with Crippen molar-refractivity contribution in [2.75, 3.05) is 26.4 Å². The third-order valence-corrected chi connectivity index (χ3v) is 3.18. The SMILES string of the molecule is COC(=O)C(C)CN(C)C(=O)CCc1ccc(N)cc1. The Hall–Kier alpha value is -2.04. The first kappa shape index (κ1) is 16.0. The molecule has 2 N–H and O–H groups in total. The van der Waals surface area contributed by atoms with Gasteiger partial charge in [0.1, 0.15) is 0 Å². The van der Waals surface area contributed by atoms with E-state index in [4.69, 9.17) is 5.73 Å². The van der Waals surface area contributed by atoms with E-state index in [1.807, 2.05) is 24.3 Å². The Labute approximate surface area is 119 Å². The molecule has 0 fully saturated rings. The first-order chi connectivity index (χ1) is 9.43. The highest BCUT2D eigenvalue weighted by Gasteiger charge is 2.18. The summed E-state index contributed by atoms with van der Waals surface area (Å²) in [4.78, 5) is 24.9. The summed E-state index contributed by atoms with van der Waals surface area (Å²) in [5.41, 5.74) is 7.39. The van der Waals surface area contributed by atoms with Crippen molar-refractivity contribution in [3.63, 3.8) is 0 Å². The second-order valence-electron chi connectivity index (χ2n) is 4.94. The zero-order valence-corrected chi connectivity index (χ0v) is 12.3. The fourth-order valence-electron chi connectivity index (χ4n) is 1.91. The minimum absolute atomic E-state index is 0.0116. The van der Waals surface area contributed by atoms with E-state index in [1.165, 1.54) is 7.11 Å². The van der Waals surface area contributed by atoms with Crippen LogP contribution >= 0.6 is 0 Å². The van der Waals surface area contributed by atoms with Crippen molar-refractivity contribution in [2.45, 2.75) is 19.8 Å². The number of nitrogens with two attached hydrogens (primary N) is 1. The molecule has 110 valence electrons. The van der Waals surface area contributed by atoms with Gasteiger partial charge in [-0.25, -0.2) is 0 Å². The predicted molar refractivity (Wildman–Crippen MR) is 78.0 cm³/mol. The number of amides is 1. The molecule has 0 bridgehead atoms. The number of hydrogen-bond donors (Lipinski definition) is 1. The molecule has 0 saturated carbocycles. The molecule has 1 aromatic carbocycles. The number of methoxy groups -OCH3 is 1. The molecule has 1 amide bonds. The smallest absolute Gasteiger partial charge is 0.310 e. The first-order valence-corrected chi connectivity index (χ1v) is 6.60. The molecule has 1 aromatic rings. The number of nitrogen functional groups attached to an aromatic ring is 1. The average Bonchev–Trinajstić information content (AvgIpc) is 2.45. The van der Waals surface area contributed by atoms with Crippen LogP contribution in [0.25, 0.3) is 0 Å². The van der Waals surface area contributed by atoms with E-state index < -0.39 is 0 Å². The summed E-state index contributed by atoms with van der Waals surface area (Å²) < 4.78 is 4.64. The summed E-state index contributed by atoms with van der Waals surface area (Å²) in [6.07, 6.45) is 1.07. The van der Waals surface area contributed by atoms with Gasteiger partial charge in [0.15, 0.2) is 0 Å². The molecule has 1 unspecified atom stereocenters. The van der Waals surface area contributed by atoms with Crippen LogP contribution in [-0.2, 0) is 20.7 Å². The first-order valence-electron chi connectivity index (χ1n) is 6.60. The van der Waals surface area contributed by atoms with E-state index in [1.54, 1.807) is 18.9 Å². The molecule has 1 atom stereocenters. The molecule has 0 spiro atoms. The Kier molecular flexibility index (Phi) is 6.03. The number of aryl methyl sites for hydroxylation is 1. The van der Waals surface area contributed by atoms with Crippen molar-refractivity contribution in [1.82, 2.24) is 4.90 Å². The van der Waals surface area contributed by atoms with Gasteiger partial charge in [0.05, 0.1) is 13.0 Å². The van der Waals surface area contributed by atoms with Crippen molar-refractivity contribution in [3.8, 4) is 0 Å². The van der Waals surface area contributed by atoms with Gasteiger partial charge in [0.2, 0.25) is 5.91 Å². The van der Waals surface area contributed by atoms with Crippen molar-refractivity contribution in [3.05, 3.63) is 29.8 Å². The van der Waals surface area contributed by atoms with E-state index in [2.05, 4.69) is 4.74 Å². The Morgan fingerprint density at radius 3 is 2.45 bits per heavy atom. The summed E-state index contributed by atoms with van der Waals surface area (Å²) in [6.45, 7) is 2.11. The lowest BCUT2D eigenvalue weighted by atomic mass is 10.1. The third-order valence-electron chi connectivity index (χ3n) is 3.18. The number of benzene rings is 1. The van der Waals surface area contributed by atoms with Crippen LogP contribution in [0, 0.1) is 5.92 Å². The van der Waals surface area contributed by atoms with E-state index in [-0.39, 0.29) is 17.8 Å². The van der Waals surface area contributed by atoms with Gasteiger partial charge in [0.25, 0.3) is 0 Å². The lowest BCUT2D eigenvalue weighted by molar-refractivity contribution is -0.146. The fraction of sp³-hybridized carbons (Fsp3) is 0.467. The summed E-state index contributed by atoms with van der Waals surface area (Å²) in [7, 11) is 3.05. The Morgan fingerprint density at radius 1 is 1.30 bits per heavy atom. The standard InChI is InChI=1S/C15H22N2O3/c1-11(15(19)20-3)10-17(2)14(18)9-6-12-4-7-13(16)8-5-12/h4-5,7-8,11H,6,9-10,16H2,1-3H3. The number of hydrogen-bond acceptors (Lipinski definition) is 4. The van der Waals surface area contributed by atoms with Crippen LogP contribution in [0.2, 0.25) is 0 Å². The maximum atomic E-state index is 12.0. The quantitative estimate of drug-likeness (QED) is 0.631. The van der Waals surface area contributed by atoms with E-state index in [0.29, 0.717) is 25.1 Å². The van der Waals surface area contributed by atoms with E-state index in [9.17, 15) is 9.59 Å². The summed E-state index contributed by atoms with van der Waals surface area (Å²) in [5, 5.41) is 0. The molecule has 5 heteroatoms. The average molecular weight is 278 g/mol. The van der Waals surface area contributed by atoms with Gasteiger partial charge < -0.3 is 15.4 Å². The van der Waals surface area contributed by atoms with Crippen LogP contribution < -0.4 is 5.73 Å². The van der Waals surface area contributed by atoms with Gasteiger partial charge in [-0.15, -0.1) is 0 Å². The van der Waals surface area contributed by atoms with Crippen LogP contribution in [0.15, 0.2) is 24.3 Å². The molecule has 20 heavy (non-hydrogen) atoms. The minimum atomic E-state index is -0.314. The monoisotopic (exact) mass is 278 g/mol. The van der Waals surface area contributed by atoms with Crippen molar-refractivity contribution in [2.24, 2.45) is 5.92 Å². The second kappa shape index (κ2) is 7.53. The lowest BCUT2D eigenvalue weighted by Crippen LogP contribution is -2.34. The zero-order valence-electron chi connectivity index (χ0n) is 12.3. The molecule has 0 aliphatic heterocycles. The van der Waals surface area contributed by atoms with Crippen LogP contribution in [0.1, 0.15) is 18.9 Å². The highest BCUT2D eigenvalue weighted by molar-refractivity contribution is 5.77. The number of ether oxygens (including phenoxy) is 1. The normalized spacial score (nSPS) is 11.8. The Bertz CT molecular complexity index is 457. The zero-order chi connectivity index (χ0) is 15.1. The summed E-state index contributed by atoms with van der Waals surface area (Å²) in [5.74, 6) is -0.605. The Morgan fingerprint density at radius 2 is 1.90 bits per heavy atom. The highest BCUT2D eigenvalue weighted by Crippen LogP contribution is 2.09. The number of esters is 1. The maximum absolute atomic E-state index is 12.0. The molecule has 0 aliphatic carbocycles. The Balaban J connectivity index is 2.42. The van der Waals surface area contributed by atoms with Crippen LogP contribution in [0.5, 0.6) is 0 Å². The molecule has 0 aromatic heterocycles. The maximum Gasteiger partial charge on any atom is 0.310 e.